The first-order valence-electron chi connectivity index (χ1n) is 8.90. The van der Waals surface area contributed by atoms with Gasteiger partial charge < -0.3 is 5.32 Å². The molecule has 0 aliphatic heterocycles. The largest absolute Gasteiger partial charge is 0.321 e. The molecule has 0 radical (unpaired) electrons. The van der Waals surface area contributed by atoms with E-state index in [1.54, 1.807) is 24.0 Å². The van der Waals surface area contributed by atoms with E-state index in [-0.39, 0.29) is 5.91 Å². The second-order valence-corrected chi connectivity index (χ2v) is 6.81. The molecule has 5 heteroatoms. The zero-order valence-corrected chi connectivity index (χ0v) is 14.4. The van der Waals surface area contributed by atoms with Gasteiger partial charge in [0, 0.05) is 30.5 Å². The number of fused-ring (bicyclic) bond motifs is 1. The highest BCUT2D eigenvalue weighted by atomic mass is 16.2. The maximum atomic E-state index is 12.3. The van der Waals surface area contributed by atoms with Gasteiger partial charge in [0.2, 0.25) is 0 Å². The van der Waals surface area contributed by atoms with E-state index < -0.39 is 0 Å². The fourth-order valence-corrected chi connectivity index (χ4v) is 3.67. The van der Waals surface area contributed by atoms with E-state index in [1.807, 2.05) is 24.4 Å². The third-order valence-corrected chi connectivity index (χ3v) is 5.09. The van der Waals surface area contributed by atoms with E-state index in [4.69, 9.17) is 0 Å². The topological polar surface area (TPSA) is 59.8 Å². The summed E-state index contributed by atoms with van der Waals surface area (Å²) in [6, 6.07) is 9.85. The van der Waals surface area contributed by atoms with Crippen LogP contribution in [0.5, 0.6) is 0 Å². The summed E-state index contributed by atoms with van der Waals surface area (Å²) in [6.07, 6.45) is 10.2. The Bertz CT molecular complexity index is 909. The molecule has 1 N–H and O–H groups in total. The molecule has 1 aromatic carbocycles. The molecule has 25 heavy (non-hydrogen) atoms. The number of amides is 1. The number of nitrogens with one attached hydrogen (secondary N) is 1. The number of rotatable bonds is 3. The van der Waals surface area contributed by atoms with Gasteiger partial charge in [-0.2, -0.15) is 5.10 Å². The first kappa shape index (κ1) is 15.8. The minimum absolute atomic E-state index is 0.168. The molecular weight excluding hydrogens is 312 g/mol. The maximum absolute atomic E-state index is 12.3. The van der Waals surface area contributed by atoms with Crippen molar-refractivity contribution in [3.05, 3.63) is 54.0 Å². The van der Waals surface area contributed by atoms with Crippen molar-refractivity contribution in [2.75, 3.05) is 5.32 Å². The Hall–Kier alpha value is -2.69. The molecule has 3 aromatic rings. The van der Waals surface area contributed by atoms with Gasteiger partial charge in [0.25, 0.3) is 5.91 Å². The number of carbonyl (C=O) groups excluding carboxylic acids is 1. The van der Waals surface area contributed by atoms with Crippen LogP contribution >= 0.6 is 0 Å². The number of anilines is 1. The Morgan fingerprint density at radius 2 is 2.00 bits per heavy atom. The minimum Gasteiger partial charge on any atom is -0.321 e. The first-order valence-corrected chi connectivity index (χ1v) is 8.90. The van der Waals surface area contributed by atoms with Crippen molar-refractivity contribution in [3.63, 3.8) is 0 Å². The molecule has 0 atom stereocenters. The number of nitrogens with zero attached hydrogens (tertiary/aromatic N) is 3. The number of carbonyl (C=O) groups is 1. The molecule has 1 fully saturated rings. The lowest BCUT2D eigenvalue weighted by Crippen LogP contribution is -2.16. The van der Waals surface area contributed by atoms with Crippen molar-refractivity contribution in [2.24, 2.45) is 7.05 Å². The highest BCUT2D eigenvalue weighted by Gasteiger charge is 2.16. The highest BCUT2D eigenvalue weighted by Crippen LogP contribution is 2.33. The van der Waals surface area contributed by atoms with E-state index in [2.05, 4.69) is 21.5 Å². The van der Waals surface area contributed by atoms with E-state index in [9.17, 15) is 4.79 Å². The van der Waals surface area contributed by atoms with Crippen molar-refractivity contribution in [1.29, 1.82) is 0 Å². The Labute approximate surface area is 147 Å². The molecule has 1 saturated carbocycles. The van der Waals surface area contributed by atoms with Crippen molar-refractivity contribution in [2.45, 2.75) is 38.0 Å². The van der Waals surface area contributed by atoms with Crippen LogP contribution in [-0.4, -0.2) is 20.7 Å². The quantitative estimate of drug-likeness (QED) is 0.778. The average molecular weight is 334 g/mol. The molecule has 128 valence electrons. The zero-order chi connectivity index (χ0) is 17.2. The van der Waals surface area contributed by atoms with Crippen molar-refractivity contribution in [3.8, 4) is 0 Å². The standard InChI is InChI=1S/C20H22N4O/c1-24-19(9-10-22-24)20(25)23-17-8-7-15-11-16(13-21-18(15)12-17)14-5-3-2-4-6-14/h7-14H,2-6H2,1H3,(H,23,25). The summed E-state index contributed by atoms with van der Waals surface area (Å²) < 4.78 is 1.56. The molecule has 2 aromatic heterocycles. The smallest absolute Gasteiger partial charge is 0.273 e. The minimum atomic E-state index is -0.168. The molecule has 1 amide bonds. The lowest BCUT2D eigenvalue weighted by molar-refractivity contribution is 0.101. The van der Waals surface area contributed by atoms with Gasteiger partial charge in [0.15, 0.2) is 0 Å². The summed E-state index contributed by atoms with van der Waals surface area (Å²) in [6.45, 7) is 0. The summed E-state index contributed by atoms with van der Waals surface area (Å²) in [5, 5.41) is 8.07. The number of hydrogen-bond donors (Lipinski definition) is 1. The molecular formula is C20H22N4O. The molecule has 1 aliphatic carbocycles. The van der Waals surface area contributed by atoms with Crippen LogP contribution in [-0.2, 0) is 7.05 Å². The van der Waals surface area contributed by atoms with Crippen LogP contribution in [0, 0.1) is 0 Å². The molecule has 5 nitrogen and oxygen atoms in total. The molecule has 0 saturated heterocycles. The highest BCUT2D eigenvalue weighted by molar-refractivity contribution is 6.03. The Balaban J connectivity index is 1.56. The molecule has 4 rings (SSSR count). The second kappa shape index (κ2) is 6.67. The Morgan fingerprint density at radius 3 is 2.76 bits per heavy atom. The Morgan fingerprint density at radius 1 is 1.16 bits per heavy atom. The monoisotopic (exact) mass is 334 g/mol. The molecule has 0 spiro atoms. The van der Waals surface area contributed by atoms with E-state index in [0.29, 0.717) is 11.6 Å². The third-order valence-electron chi connectivity index (χ3n) is 5.09. The Kier molecular flexibility index (Phi) is 4.22. The van der Waals surface area contributed by atoms with Gasteiger partial charge >= 0.3 is 0 Å². The summed E-state index contributed by atoms with van der Waals surface area (Å²) in [7, 11) is 1.75. The number of aryl methyl sites for hydroxylation is 1. The lowest BCUT2D eigenvalue weighted by atomic mass is 9.84. The molecule has 0 unspecified atom stereocenters. The SMILES string of the molecule is Cn1nccc1C(=O)Nc1ccc2cc(C3CCCCC3)cnc2c1. The number of hydrogen-bond acceptors (Lipinski definition) is 3. The van der Waals surface area contributed by atoms with Crippen molar-refractivity contribution >= 4 is 22.5 Å². The number of aromatic nitrogens is 3. The van der Waals surface area contributed by atoms with E-state index >= 15 is 0 Å². The molecule has 2 heterocycles. The van der Waals surface area contributed by atoms with Crippen LogP contribution < -0.4 is 5.32 Å². The zero-order valence-electron chi connectivity index (χ0n) is 14.4. The van der Waals surface area contributed by atoms with Gasteiger partial charge in [-0.15, -0.1) is 0 Å². The van der Waals surface area contributed by atoms with E-state index in [0.717, 1.165) is 16.6 Å². The number of benzene rings is 1. The van der Waals surface area contributed by atoms with Crippen molar-refractivity contribution in [1.82, 2.24) is 14.8 Å². The fraction of sp³-hybridized carbons (Fsp3) is 0.350. The van der Waals surface area contributed by atoms with Gasteiger partial charge in [-0.25, -0.2) is 0 Å². The van der Waals surface area contributed by atoms with Crippen molar-refractivity contribution < 1.29 is 4.79 Å². The molecule has 0 bridgehead atoms. The van der Waals surface area contributed by atoms with Gasteiger partial charge in [-0.1, -0.05) is 25.3 Å². The average Bonchev–Trinajstić information content (AvgIpc) is 3.08. The summed E-state index contributed by atoms with van der Waals surface area (Å²) >= 11 is 0. The maximum Gasteiger partial charge on any atom is 0.273 e. The van der Waals surface area contributed by atoms with Crippen LogP contribution in [0.4, 0.5) is 5.69 Å². The van der Waals surface area contributed by atoms with Crippen LogP contribution in [0.25, 0.3) is 10.9 Å². The predicted molar refractivity (Wildman–Crippen MR) is 98.7 cm³/mol. The van der Waals surface area contributed by atoms with Crippen LogP contribution in [0.3, 0.4) is 0 Å². The van der Waals surface area contributed by atoms with E-state index in [1.165, 1.54) is 37.7 Å². The summed E-state index contributed by atoms with van der Waals surface area (Å²) in [4.78, 5) is 16.9. The van der Waals surface area contributed by atoms with Gasteiger partial charge in [0.05, 0.1) is 5.52 Å². The van der Waals surface area contributed by atoms with Crippen LogP contribution in [0.2, 0.25) is 0 Å². The predicted octanol–water partition coefficient (Wildman–Crippen LogP) is 4.27. The van der Waals surface area contributed by atoms with Gasteiger partial charge in [-0.3, -0.25) is 14.5 Å². The van der Waals surface area contributed by atoms with Gasteiger partial charge in [-0.05, 0) is 48.6 Å². The summed E-state index contributed by atoms with van der Waals surface area (Å²) in [5.74, 6) is 0.480. The normalized spacial score (nSPS) is 15.4. The second-order valence-electron chi connectivity index (χ2n) is 6.81. The first-order chi connectivity index (χ1) is 12.2. The van der Waals surface area contributed by atoms with Crippen LogP contribution in [0.15, 0.2) is 42.7 Å². The fourth-order valence-electron chi connectivity index (χ4n) is 3.67. The third kappa shape index (κ3) is 3.27. The van der Waals surface area contributed by atoms with Crippen LogP contribution in [0.1, 0.15) is 54.1 Å². The summed E-state index contributed by atoms with van der Waals surface area (Å²) in [5.41, 5.74) is 3.53. The van der Waals surface area contributed by atoms with Gasteiger partial charge in [0.1, 0.15) is 5.69 Å². The number of pyridine rings is 1. The molecule has 1 aliphatic rings. The lowest BCUT2D eigenvalue weighted by Gasteiger charge is -2.21.